The molecule has 0 amide bonds. The Morgan fingerprint density at radius 1 is 1.00 bits per heavy atom. The molecule has 1 unspecified atom stereocenters. The van der Waals surface area contributed by atoms with Gasteiger partial charge in [0.15, 0.2) is 0 Å². The molecule has 0 heteroatoms. The maximum absolute atomic E-state index is 2.48. The van der Waals surface area contributed by atoms with Crippen molar-refractivity contribution in [1.82, 2.24) is 0 Å². The van der Waals surface area contributed by atoms with Crippen LogP contribution in [-0.2, 0) is 6.42 Å². The third kappa shape index (κ3) is 1.45. The van der Waals surface area contributed by atoms with E-state index < -0.39 is 0 Å². The van der Waals surface area contributed by atoms with Gasteiger partial charge in [0.1, 0.15) is 0 Å². The van der Waals surface area contributed by atoms with Crippen LogP contribution >= 0.6 is 0 Å². The van der Waals surface area contributed by atoms with Gasteiger partial charge >= 0.3 is 0 Å². The molecular weight excluding hydrogens is 216 g/mol. The lowest BCUT2D eigenvalue weighted by atomic mass is 9.78. The van der Waals surface area contributed by atoms with Crippen LogP contribution in [0.2, 0.25) is 0 Å². The van der Waals surface area contributed by atoms with Gasteiger partial charge in [0.2, 0.25) is 0 Å². The summed E-state index contributed by atoms with van der Waals surface area (Å²) in [6, 6.07) is 4.72. The standard InChI is InChI=1S/C18H18/c1-3-7-15-13(5-1)9-11-18-16-8-4-2-6-14(16)10-12-17(15)18/h1,3,7-8,10-13H,2,4-6,9H2. The third-order valence-electron chi connectivity index (χ3n) is 4.57. The van der Waals surface area contributed by atoms with Crippen LogP contribution in [-0.4, -0.2) is 0 Å². The fraction of sp³-hybridized carbons (Fsp3) is 0.333. The second-order valence-corrected chi connectivity index (χ2v) is 5.62. The van der Waals surface area contributed by atoms with Crippen LogP contribution in [0.3, 0.4) is 0 Å². The Labute approximate surface area is 108 Å². The number of benzene rings is 1. The van der Waals surface area contributed by atoms with E-state index in [9.17, 15) is 0 Å². The van der Waals surface area contributed by atoms with Crippen molar-refractivity contribution in [3.63, 3.8) is 0 Å². The fourth-order valence-electron chi connectivity index (χ4n) is 3.62. The largest absolute Gasteiger partial charge is 0.0839 e. The minimum atomic E-state index is 0.726. The summed E-state index contributed by atoms with van der Waals surface area (Å²) in [5.41, 5.74) is 4.62. The summed E-state index contributed by atoms with van der Waals surface area (Å²) in [4.78, 5) is 0. The molecule has 0 aromatic heterocycles. The molecule has 4 rings (SSSR count). The van der Waals surface area contributed by atoms with Gasteiger partial charge < -0.3 is 0 Å². The summed E-state index contributed by atoms with van der Waals surface area (Å²) in [7, 11) is 0. The van der Waals surface area contributed by atoms with Crippen molar-refractivity contribution < 1.29 is 0 Å². The lowest BCUT2D eigenvalue weighted by molar-refractivity contribution is 0.696. The molecule has 0 spiro atoms. The van der Waals surface area contributed by atoms with E-state index in [1.165, 1.54) is 48.1 Å². The molecule has 3 aliphatic rings. The average Bonchev–Trinajstić information content (AvgIpc) is 2.46. The van der Waals surface area contributed by atoms with Gasteiger partial charge in [-0.15, -0.1) is 0 Å². The molecule has 0 fully saturated rings. The fourth-order valence-corrected chi connectivity index (χ4v) is 3.62. The number of aryl methyl sites for hydroxylation is 1. The zero-order valence-electron chi connectivity index (χ0n) is 10.7. The van der Waals surface area contributed by atoms with Crippen LogP contribution in [0.1, 0.15) is 36.8 Å². The summed E-state index contributed by atoms with van der Waals surface area (Å²) >= 11 is 0. The quantitative estimate of drug-likeness (QED) is 0.647. The van der Waals surface area contributed by atoms with E-state index in [2.05, 4.69) is 42.5 Å². The SMILES string of the molecule is C1=CCC2CC=c3c(ccc4c3=CCCC4)C2=C1. The van der Waals surface area contributed by atoms with E-state index in [0.29, 0.717) is 0 Å². The minimum Gasteiger partial charge on any atom is -0.0839 e. The van der Waals surface area contributed by atoms with Gasteiger partial charge in [-0.1, -0.05) is 42.5 Å². The molecule has 0 bridgehead atoms. The van der Waals surface area contributed by atoms with E-state index in [1.807, 2.05) is 0 Å². The van der Waals surface area contributed by atoms with Crippen molar-refractivity contribution in [1.29, 1.82) is 0 Å². The molecule has 0 nitrogen and oxygen atoms in total. The van der Waals surface area contributed by atoms with E-state index in [4.69, 9.17) is 0 Å². The summed E-state index contributed by atoms with van der Waals surface area (Å²) in [6.07, 6.45) is 18.0. The molecule has 0 radical (unpaired) electrons. The molecule has 1 aromatic carbocycles. The first-order valence-electron chi connectivity index (χ1n) is 7.13. The highest BCUT2D eigenvalue weighted by atomic mass is 14.3. The first-order valence-corrected chi connectivity index (χ1v) is 7.13. The predicted molar refractivity (Wildman–Crippen MR) is 77.4 cm³/mol. The molecule has 0 saturated heterocycles. The predicted octanol–water partition coefficient (Wildman–Crippen LogP) is 2.95. The van der Waals surface area contributed by atoms with E-state index >= 15 is 0 Å². The first-order chi connectivity index (χ1) is 8.93. The molecular formula is C18H18. The lowest BCUT2D eigenvalue weighted by Gasteiger charge is -2.26. The van der Waals surface area contributed by atoms with Crippen molar-refractivity contribution in [3.05, 3.63) is 51.9 Å². The molecule has 1 aromatic rings. The number of hydrogen-bond donors (Lipinski definition) is 0. The molecule has 0 aliphatic heterocycles. The van der Waals surface area contributed by atoms with Crippen LogP contribution in [0.25, 0.3) is 17.7 Å². The van der Waals surface area contributed by atoms with Crippen molar-refractivity contribution >= 4 is 17.7 Å². The van der Waals surface area contributed by atoms with Gasteiger partial charge in [-0.3, -0.25) is 0 Å². The van der Waals surface area contributed by atoms with Crippen LogP contribution in [0, 0.1) is 5.92 Å². The highest BCUT2D eigenvalue weighted by Crippen LogP contribution is 2.33. The van der Waals surface area contributed by atoms with Gasteiger partial charge in [0.25, 0.3) is 0 Å². The van der Waals surface area contributed by atoms with E-state index in [0.717, 1.165) is 5.92 Å². The topological polar surface area (TPSA) is 0 Å². The van der Waals surface area contributed by atoms with Gasteiger partial charge in [0.05, 0.1) is 0 Å². The number of fused-ring (bicyclic) bond motifs is 5. The van der Waals surface area contributed by atoms with Crippen molar-refractivity contribution in [3.8, 4) is 0 Å². The normalized spacial score (nSPS) is 24.0. The molecule has 0 saturated carbocycles. The Bertz CT molecular complexity index is 671. The van der Waals surface area contributed by atoms with Crippen LogP contribution in [0.4, 0.5) is 0 Å². The summed E-state index contributed by atoms with van der Waals surface area (Å²) in [5, 5.41) is 3.05. The van der Waals surface area contributed by atoms with Crippen LogP contribution in [0.5, 0.6) is 0 Å². The Kier molecular flexibility index (Phi) is 2.29. The van der Waals surface area contributed by atoms with Gasteiger partial charge in [0, 0.05) is 0 Å². The van der Waals surface area contributed by atoms with Crippen LogP contribution < -0.4 is 10.4 Å². The molecule has 90 valence electrons. The summed E-state index contributed by atoms with van der Waals surface area (Å²) < 4.78 is 0. The Balaban J connectivity index is 2.02. The number of rotatable bonds is 0. The highest BCUT2D eigenvalue weighted by molar-refractivity contribution is 5.74. The first kappa shape index (κ1) is 10.4. The Hall–Kier alpha value is -1.56. The number of allylic oxidation sites excluding steroid dienone is 4. The van der Waals surface area contributed by atoms with E-state index in [-0.39, 0.29) is 0 Å². The second-order valence-electron chi connectivity index (χ2n) is 5.62. The molecule has 0 heterocycles. The Morgan fingerprint density at radius 3 is 3.00 bits per heavy atom. The number of hydrogen-bond acceptors (Lipinski definition) is 0. The maximum atomic E-state index is 2.48. The van der Waals surface area contributed by atoms with Gasteiger partial charge in [-0.25, -0.2) is 0 Å². The minimum absolute atomic E-state index is 0.726. The second kappa shape index (κ2) is 3.98. The zero-order chi connectivity index (χ0) is 11.9. The summed E-state index contributed by atoms with van der Waals surface area (Å²) in [6.45, 7) is 0. The third-order valence-corrected chi connectivity index (χ3v) is 4.57. The van der Waals surface area contributed by atoms with Crippen molar-refractivity contribution in [2.24, 2.45) is 5.92 Å². The van der Waals surface area contributed by atoms with Gasteiger partial charge in [-0.2, -0.15) is 0 Å². The Morgan fingerprint density at radius 2 is 2.00 bits per heavy atom. The van der Waals surface area contributed by atoms with Gasteiger partial charge in [-0.05, 0) is 65.2 Å². The van der Waals surface area contributed by atoms with Crippen molar-refractivity contribution in [2.75, 3.05) is 0 Å². The lowest BCUT2D eigenvalue weighted by Crippen LogP contribution is -2.36. The van der Waals surface area contributed by atoms with Crippen molar-refractivity contribution in [2.45, 2.75) is 32.1 Å². The molecule has 1 atom stereocenters. The molecule has 18 heavy (non-hydrogen) atoms. The maximum Gasteiger partial charge on any atom is -0.00862 e. The van der Waals surface area contributed by atoms with Crippen LogP contribution in [0.15, 0.2) is 30.4 Å². The average molecular weight is 234 g/mol. The zero-order valence-corrected chi connectivity index (χ0v) is 10.7. The molecule has 3 aliphatic carbocycles. The smallest absolute Gasteiger partial charge is 0.00862 e. The molecule has 0 N–H and O–H groups in total. The van der Waals surface area contributed by atoms with E-state index in [1.54, 1.807) is 11.1 Å². The summed E-state index contributed by atoms with van der Waals surface area (Å²) in [5.74, 6) is 0.726. The monoisotopic (exact) mass is 234 g/mol. The highest BCUT2D eigenvalue weighted by Gasteiger charge is 2.21.